The van der Waals surface area contributed by atoms with Crippen LogP contribution in [-0.2, 0) is 4.74 Å². The fourth-order valence-corrected chi connectivity index (χ4v) is 2.50. The third-order valence-corrected chi connectivity index (χ3v) is 3.34. The molecule has 2 nitrogen and oxygen atoms in total. The molecule has 0 spiro atoms. The van der Waals surface area contributed by atoms with E-state index in [-0.39, 0.29) is 5.60 Å². The van der Waals surface area contributed by atoms with Gasteiger partial charge < -0.3 is 10.1 Å². The van der Waals surface area contributed by atoms with Gasteiger partial charge in [0.05, 0.1) is 5.60 Å². The second-order valence-electron chi connectivity index (χ2n) is 6.00. The summed E-state index contributed by atoms with van der Waals surface area (Å²) in [6.45, 7) is 10.7. The van der Waals surface area contributed by atoms with Crippen LogP contribution in [0.15, 0.2) is 0 Å². The van der Waals surface area contributed by atoms with Gasteiger partial charge in [0.1, 0.15) is 0 Å². The molecule has 0 heterocycles. The van der Waals surface area contributed by atoms with E-state index in [1.807, 2.05) is 0 Å². The van der Waals surface area contributed by atoms with Gasteiger partial charge in [-0.05, 0) is 58.9 Å². The van der Waals surface area contributed by atoms with E-state index in [4.69, 9.17) is 4.74 Å². The molecule has 0 aliphatic heterocycles. The first-order valence-electron chi connectivity index (χ1n) is 6.90. The van der Waals surface area contributed by atoms with Gasteiger partial charge in [-0.25, -0.2) is 0 Å². The molecule has 96 valence electrons. The van der Waals surface area contributed by atoms with Crippen molar-refractivity contribution in [2.45, 2.75) is 71.4 Å². The predicted octanol–water partition coefficient (Wildman–Crippen LogP) is 3.36. The highest BCUT2D eigenvalue weighted by molar-refractivity contribution is 4.83. The normalized spacial score (nSPS) is 26.2. The Morgan fingerprint density at radius 2 is 2.00 bits per heavy atom. The van der Waals surface area contributed by atoms with Crippen molar-refractivity contribution in [3.05, 3.63) is 0 Å². The number of ether oxygens (including phenoxy) is 1. The highest BCUT2D eigenvalue weighted by Crippen LogP contribution is 2.28. The molecule has 0 aromatic carbocycles. The summed E-state index contributed by atoms with van der Waals surface area (Å²) in [6.07, 6.45) is 6.59. The summed E-state index contributed by atoms with van der Waals surface area (Å²) in [5.74, 6) is 0.842. The van der Waals surface area contributed by atoms with E-state index in [0.29, 0.717) is 0 Å². The molecule has 0 aromatic rings. The van der Waals surface area contributed by atoms with Crippen LogP contribution in [0.25, 0.3) is 0 Å². The van der Waals surface area contributed by atoms with Crippen LogP contribution < -0.4 is 5.32 Å². The van der Waals surface area contributed by atoms with Crippen molar-refractivity contribution in [3.8, 4) is 0 Å². The Balaban J connectivity index is 2.19. The van der Waals surface area contributed by atoms with E-state index in [0.717, 1.165) is 18.6 Å². The van der Waals surface area contributed by atoms with Gasteiger partial charge >= 0.3 is 0 Å². The summed E-state index contributed by atoms with van der Waals surface area (Å²) in [4.78, 5) is 0. The summed E-state index contributed by atoms with van der Waals surface area (Å²) in [5, 5.41) is 3.67. The Hall–Kier alpha value is -0.0800. The maximum atomic E-state index is 5.82. The summed E-state index contributed by atoms with van der Waals surface area (Å²) < 4.78 is 5.82. The smallest absolute Gasteiger partial charge is 0.0598 e. The average Bonchev–Trinajstić information content (AvgIpc) is 2.60. The maximum absolute atomic E-state index is 5.82. The average molecular weight is 227 g/mol. The Morgan fingerprint density at radius 1 is 1.25 bits per heavy atom. The van der Waals surface area contributed by atoms with Gasteiger partial charge in [-0.15, -0.1) is 0 Å². The van der Waals surface area contributed by atoms with Gasteiger partial charge in [-0.1, -0.05) is 13.3 Å². The molecule has 1 N–H and O–H groups in total. The van der Waals surface area contributed by atoms with E-state index in [2.05, 4.69) is 33.0 Å². The number of hydrogen-bond donors (Lipinski definition) is 1. The molecule has 0 radical (unpaired) electrons. The summed E-state index contributed by atoms with van der Waals surface area (Å²) in [5.41, 5.74) is 0.0188. The van der Waals surface area contributed by atoms with Crippen molar-refractivity contribution < 1.29 is 4.74 Å². The zero-order valence-corrected chi connectivity index (χ0v) is 11.5. The molecule has 0 bridgehead atoms. The molecule has 16 heavy (non-hydrogen) atoms. The van der Waals surface area contributed by atoms with Crippen molar-refractivity contribution in [3.63, 3.8) is 0 Å². The van der Waals surface area contributed by atoms with E-state index in [9.17, 15) is 0 Å². The van der Waals surface area contributed by atoms with Crippen LogP contribution in [0.1, 0.15) is 59.8 Å². The van der Waals surface area contributed by atoms with Crippen LogP contribution in [-0.4, -0.2) is 24.8 Å². The molecule has 1 aliphatic carbocycles. The molecule has 0 aromatic heterocycles. The molecule has 0 amide bonds. The zero-order chi connectivity index (χ0) is 12.0. The van der Waals surface area contributed by atoms with Gasteiger partial charge in [0.15, 0.2) is 0 Å². The van der Waals surface area contributed by atoms with Gasteiger partial charge in [0, 0.05) is 12.6 Å². The van der Waals surface area contributed by atoms with Gasteiger partial charge in [0.25, 0.3) is 0 Å². The Morgan fingerprint density at radius 3 is 2.62 bits per heavy atom. The summed E-state index contributed by atoms with van der Waals surface area (Å²) in [6, 6.07) is 0.753. The van der Waals surface area contributed by atoms with Gasteiger partial charge in [-0.3, -0.25) is 0 Å². The van der Waals surface area contributed by atoms with E-state index in [1.165, 1.54) is 38.6 Å². The molecular weight excluding hydrogens is 198 g/mol. The van der Waals surface area contributed by atoms with Crippen molar-refractivity contribution in [1.82, 2.24) is 5.32 Å². The zero-order valence-electron chi connectivity index (χ0n) is 11.5. The minimum atomic E-state index is 0.0188. The Labute approximate surface area is 101 Å². The minimum Gasteiger partial charge on any atom is -0.376 e. The first-order valence-corrected chi connectivity index (χ1v) is 6.90. The third-order valence-electron chi connectivity index (χ3n) is 3.34. The fraction of sp³-hybridized carbons (Fsp3) is 1.00. The lowest BCUT2D eigenvalue weighted by Gasteiger charge is -2.24. The topological polar surface area (TPSA) is 21.3 Å². The predicted molar refractivity (Wildman–Crippen MR) is 69.7 cm³/mol. The number of hydrogen-bond acceptors (Lipinski definition) is 2. The number of rotatable bonds is 6. The van der Waals surface area contributed by atoms with Crippen LogP contribution in [0.4, 0.5) is 0 Å². The first kappa shape index (κ1) is 14.0. The molecule has 1 aliphatic rings. The molecule has 1 saturated carbocycles. The van der Waals surface area contributed by atoms with Gasteiger partial charge in [0.2, 0.25) is 0 Å². The second-order valence-corrected chi connectivity index (χ2v) is 6.00. The van der Waals surface area contributed by atoms with Crippen LogP contribution in [0.2, 0.25) is 0 Å². The van der Waals surface area contributed by atoms with Crippen LogP contribution in [0, 0.1) is 5.92 Å². The largest absolute Gasteiger partial charge is 0.376 e. The lowest BCUT2D eigenvalue weighted by atomic mass is 10.00. The molecule has 2 heteroatoms. The third kappa shape index (κ3) is 5.31. The molecule has 2 atom stereocenters. The molecule has 1 rings (SSSR count). The maximum Gasteiger partial charge on any atom is 0.0598 e. The lowest BCUT2D eigenvalue weighted by molar-refractivity contribution is -0.0101. The number of nitrogens with one attached hydrogen (secondary N) is 1. The minimum absolute atomic E-state index is 0.0188. The SMILES string of the molecule is CCCNC1CCCC1CCOC(C)(C)C. The second kappa shape index (κ2) is 6.61. The summed E-state index contributed by atoms with van der Waals surface area (Å²) in [7, 11) is 0. The van der Waals surface area contributed by atoms with E-state index >= 15 is 0 Å². The standard InChI is InChI=1S/C14H29NO/c1-5-10-15-13-8-6-7-12(13)9-11-16-14(2,3)4/h12-13,15H,5-11H2,1-4H3. The molecular formula is C14H29NO. The Kier molecular flexibility index (Phi) is 5.77. The lowest BCUT2D eigenvalue weighted by Crippen LogP contribution is -2.34. The monoisotopic (exact) mass is 227 g/mol. The van der Waals surface area contributed by atoms with Crippen molar-refractivity contribution in [1.29, 1.82) is 0 Å². The van der Waals surface area contributed by atoms with E-state index < -0.39 is 0 Å². The molecule has 1 fully saturated rings. The van der Waals surface area contributed by atoms with Crippen molar-refractivity contribution in [2.75, 3.05) is 13.2 Å². The highest BCUT2D eigenvalue weighted by Gasteiger charge is 2.26. The fourth-order valence-electron chi connectivity index (χ4n) is 2.50. The van der Waals surface area contributed by atoms with Crippen LogP contribution in [0.5, 0.6) is 0 Å². The van der Waals surface area contributed by atoms with E-state index in [1.54, 1.807) is 0 Å². The van der Waals surface area contributed by atoms with Crippen LogP contribution >= 0.6 is 0 Å². The molecule has 0 saturated heterocycles. The van der Waals surface area contributed by atoms with Crippen molar-refractivity contribution in [2.24, 2.45) is 5.92 Å². The quantitative estimate of drug-likeness (QED) is 0.751. The Bertz CT molecular complexity index is 186. The summed E-state index contributed by atoms with van der Waals surface area (Å²) >= 11 is 0. The van der Waals surface area contributed by atoms with Crippen LogP contribution in [0.3, 0.4) is 0 Å². The van der Waals surface area contributed by atoms with Gasteiger partial charge in [-0.2, -0.15) is 0 Å². The first-order chi connectivity index (χ1) is 7.53. The highest BCUT2D eigenvalue weighted by atomic mass is 16.5. The molecule has 2 unspecified atom stereocenters. The van der Waals surface area contributed by atoms with Crippen molar-refractivity contribution >= 4 is 0 Å².